The Balaban J connectivity index is 1.58. The van der Waals surface area contributed by atoms with Gasteiger partial charge in [0.1, 0.15) is 10.6 Å². The highest BCUT2D eigenvalue weighted by molar-refractivity contribution is 7.18. The van der Waals surface area contributed by atoms with Crippen LogP contribution in [0.4, 0.5) is 5.13 Å². The Bertz CT molecular complexity index is 1170. The molecule has 0 spiro atoms. The zero-order valence-corrected chi connectivity index (χ0v) is 16.4. The summed E-state index contributed by atoms with van der Waals surface area (Å²) in [4.78, 5) is 29.7. The number of esters is 1. The average Bonchev–Trinajstić information content (AvgIpc) is 3.33. The summed E-state index contributed by atoms with van der Waals surface area (Å²) in [5.41, 5.74) is 2.43. The van der Waals surface area contributed by atoms with Crippen molar-refractivity contribution in [2.45, 2.75) is 13.3 Å². The molecule has 0 atom stereocenters. The number of rotatable bonds is 6. The minimum Gasteiger partial charge on any atom is -0.462 e. The molecule has 0 bridgehead atoms. The van der Waals surface area contributed by atoms with Gasteiger partial charge in [0.25, 0.3) is 0 Å². The SMILES string of the molecule is CCOC(=O)c1sc(NC(=O)Cc2noc3ccccc23)nc1-c1ccccc1. The molecule has 4 rings (SSSR count). The number of benzene rings is 2. The van der Waals surface area contributed by atoms with Crippen molar-refractivity contribution in [2.75, 3.05) is 11.9 Å². The van der Waals surface area contributed by atoms with Gasteiger partial charge in [0.2, 0.25) is 5.91 Å². The van der Waals surface area contributed by atoms with Gasteiger partial charge in [0.15, 0.2) is 10.7 Å². The second-order valence-corrected chi connectivity index (χ2v) is 7.13. The summed E-state index contributed by atoms with van der Waals surface area (Å²) in [6.07, 6.45) is 0.0337. The predicted molar refractivity (Wildman–Crippen MR) is 110 cm³/mol. The topological polar surface area (TPSA) is 94.3 Å². The van der Waals surface area contributed by atoms with E-state index in [4.69, 9.17) is 9.26 Å². The number of anilines is 1. The summed E-state index contributed by atoms with van der Waals surface area (Å²) >= 11 is 1.09. The molecule has 29 heavy (non-hydrogen) atoms. The number of para-hydroxylation sites is 1. The van der Waals surface area contributed by atoms with Crippen molar-refractivity contribution in [1.82, 2.24) is 10.1 Å². The lowest BCUT2D eigenvalue weighted by atomic mass is 10.1. The fourth-order valence-corrected chi connectivity index (χ4v) is 3.78. The third-order valence-electron chi connectivity index (χ3n) is 4.16. The van der Waals surface area contributed by atoms with Crippen LogP contribution in [0, 0.1) is 0 Å². The van der Waals surface area contributed by atoms with Gasteiger partial charge in [-0.25, -0.2) is 9.78 Å². The maximum atomic E-state index is 12.5. The summed E-state index contributed by atoms with van der Waals surface area (Å²) in [5, 5.41) is 7.84. The second-order valence-electron chi connectivity index (χ2n) is 6.13. The van der Waals surface area contributed by atoms with Gasteiger partial charge in [-0.2, -0.15) is 0 Å². The first-order chi connectivity index (χ1) is 14.2. The van der Waals surface area contributed by atoms with E-state index < -0.39 is 5.97 Å². The van der Waals surface area contributed by atoms with Crippen molar-refractivity contribution in [3.05, 3.63) is 65.2 Å². The van der Waals surface area contributed by atoms with Crippen molar-refractivity contribution in [3.63, 3.8) is 0 Å². The van der Waals surface area contributed by atoms with Crippen LogP contribution in [0.25, 0.3) is 22.2 Å². The highest BCUT2D eigenvalue weighted by atomic mass is 32.1. The molecule has 4 aromatic rings. The number of hydrogen-bond donors (Lipinski definition) is 1. The van der Waals surface area contributed by atoms with Gasteiger partial charge >= 0.3 is 5.97 Å². The molecule has 0 unspecified atom stereocenters. The van der Waals surface area contributed by atoms with E-state index in [0.29, 0.717) is 27.0 Å². The first kappa shape index (κ1) is 18.8. The lowest BCUT2D eigenvalue weighted by Gasteiger charge is -2.01. The van der Waals surface area contributed by atoms with E-state index >= 15 is 0 Å². The summed E-state index contributed by atoms with van der Waals surface area (Å²) in [6.45, 7) is 2.00. The monoisotopic (exact) mass is 407 g/mol. The van der Waals surface area contributed by atoms with Crippen LogP contribution in [-0.4, -0.2) is 28.6 Å². The molecule has 2 aromatic carbocycles. The summed E-state index contributed by atoms with van der Waals surface area (Å²) < 4.78 is 10.4. The smallest absolute Gasteiger partial charge is 0.350 e. The maximum Gasteiger partial charge on any atom is 0.350 e. The Hall–Kier alpha value is -3.52. The molecule has 0 fully saturated rings. The number of carbonyl (C=O) groups is 2. The first-order valence-electron chi connectivity index (χ1n) is 9.02. The molecule has 146 valence electrons. The molecule has 1 N–H and O–H groups in total. The largest absolute Gasteiger partial charge is 0.462 e. The van der Waals surface area contributed by atoms with Crippen molar-refractivity contribution in [1.29, 1.82) is 0 Å². The molecular formula is C21H17N3O4S. The fraction of sp³-hybridized carbons (Fsp3) is 0.143. The van der Waals surface area contributed by atoms with Gasteiger partial charge in [0.05, 0.1) is 18.7 Å². The molecule has 0 aliphatic rings. The standard InChI is InChI=1S/C21H17N3O4S/c1-2-27-20(26)19-18(13-8-4-3-5-9-13)23-21(29-19)22-17(25)12-15-14-10-6-7-11-16(14)28-24-15/h3-11H,2,12H2,1H3,(H,22,23,25). The zero-order chi connectivity index (χ0) is 20.2. The molecule has 7 nitrogen and oxygen atoms in total. The van der Waals surface area contributed by atoms with Crippen molar-refractivity contribution >= 4 is 39.3 Å². The van der Waals surface area contributed by atoms with Crippen LogP contribution in [0.3, 0.4) is 0 Å². The first-order valence-corrected chi connectivity index (χ1v) is 9.84. The number of aromatic nitrogens is 2. The van der Waals surface area contributed by atoms with Gasteiger partial charge in [0, 0.05) is 10.9 Å². The van der Waals surface area contributed by atoms with Gasteiger partial charge < -0.3 is 14.6 Å². The van der Waals surface area contributed by atoms with Crippen molar-refractivity contribution < 1.29 is 18.8 Å². The molecule has 0 saturated heterocycles. The summed E-state index contributed by atoms with van der Waals surface area (Å²) in [5.74, 6) is -0.764. The molecule has 0 aliphatic heterocycles. The fourth-order valence-electron chi connectivity index (χ4n) is 2.88. The summed E-state index contributed by atoms with van der Waals surface area (Å²) in [6, 6.07) is 16.6. The van der Waals surface area contributed by atoms with Gasteiger partial charge in [-0.3, -0.25) is 4.79 Å². The quantitative estimate of drug-likeness (QED) is 0.479. The highest BCUT2D eigenvalue weighted by Gasteiger charge is 2.22. The van der Waals surface area contributed by atoms with Crippen LogP contribution < -0.4 is 5.32 Å². The van der Waals surface area contributed by atoms with Crippen LogP contribution in [0.2, 0.25) is 0 Å². The number of nitrogens with zero attached hydrogens (tertiary/aromatic N) is 2. The third-order valence-corrected chi connectivity index (χ3v) is 5.11. The zero-order valence-electron chi connectivity index (χ0n) is 15.5. The minimum absolute atomic E-state index is 0.0337. The minimum atomic E-state index is -0.466. The maximum absolute atomic E-state index is 12.5. The second kappa shape index (κ2) is 8.24. The Morgan fingerprint density at radius 1 is 1.10 bits per heavy atom. The van der Waals surface area contributed by atoms with E-state index in [2.05, 4.69) is 15.5 Å². The van der Waals surface area contributed by atoms with Crippen LogP contribution in [0.15, 0.2) is 59.1 Å². The van der Waals surface area contributed by atoms with Crippen molar-refractivity contribution in [3.8, 4) is 11.3 Å². The van der Waals surface area contributed by atoms with Gasteiger partial charge in [-0.15, -0.1) is 0 Å². The molecule has 0 aliphatic carbocycles. The van der Waals surface area contributed by atoms with Gasteiger partial charge in [-0.05, 0) is 19.1 Å². The van der Waals surface area contributed by atoms with E-state index in [0.717, 1.165) is 22.3 Å². The highest BCUT2D eigenvalue weighted by Crippen LogP contribution is 2.32. The normalized spacial score (nSPS) is 10.8. The lowest BCUT2D eigenvalue weighted by Crippen LogP contribution is -2.14. The molecule has 8 heteroatoms. The van der Waals surface area contributed by atoms with Crippen LogP contribution in [-0.2, 0) is 16.0 Å². The third kappa shape index (κ3) is 4.02. The molecule has 2 heterocycles. The molecule has 0 saturated carbocycles. The van der Waals surface area contributed by atoms with Crippen LogP contribution in [0.5, 0.6) is 0 Å². The Morgan fingerprint density at radius 2 is 1.86 bits per heavy atom. The van der Waals surface area contributed by atoms with E-state index in [-0.39, 0.29) is 18.9 Å². The van der Waals surface area contributed by atoms with E-state index in [1.54, 1.807) is 13.0 Å². The Labute approximate surface area is 170 Å². The number of hydrogen-bond acceptors (Lipinski definition) is 7. The number of amides is 1. The predicted octanol–water partition coefficient (Wildman–Crippen LogP) is 4.31. The van der Waals surface area contributed by atoms with E-state index in [9.17, 15) is 9.59 Å². The molecule has 1 amide bonds. The number of carbonyl (C=O) groups excluding carboxylic acids is 2. The number of ether oxygens (including phenoxy) is 1. The number of fused-ring (bicyclic) bond motifs is 1. The van der Waals surface area contributed by atoms with Crippen LogP contribution in [0.1, 0.15) is 22.3 Å². The number of nitrogens with one attached hydrogen (secondary N) is 1. The van der Waals surface area contributed by atoms with E-state index in [1.807, 2.05) is 48.5 Å². The number of thiazole rings is 1. The molecule has 0 radical (unpaired) electrons. The average molecular weight is 407 g/mol. The Kier molecular flexibility index (Phi) is 5.35. The molecular weight excluding hydrogens is 390 g/mol. The van der Waals surface area contributed by atoms with E-state index in [1.165, 1.54) is 0 Å². The lowest BCUT2D eigenvalue weighted by molar-refractivity contribution is -0.115. The van der Waals surface area contributed by atoms with Gasteiger partial charge in [-0.1, -0.05) is 59.0 Å². The Morgan fingerprint density at radius 3 is 2.66 bits per heavy atom. The molecule has 2 aromatic heterocycles. The summed E-state index contributed by atoms with van der Waals surface area (Å²) in [7, 11) is 0. The van der Waals surface area contributed by atoms with Crippen molar-refractivity contribution in [2.24, 2.45) is 0 Å². The van der Waals surface area contributed by atoms with Crippen LogP contribution >= 0.6 is 11.3 Å².